The van der Waals surface area contributed by atoms with Crippen LogP contribution in [0.2, 0.25) is 0 Å². The number of aromatic nitrogens is 4. The summed E-state index contributed by atoms with van der Waals surface area (Å²) >= 11 is 0. The number of piperidine rings is 1. The molecule has 2 aromatic heterocycles. The molecule has 212 valence electrons. The van der Waals surface area contributed by atoms with Gasteiger partial charge in [0.1, 0.15) is 11.4 Å². The van der Waals surface area contributed by atoms with Crippen LogP contribution >= 0.6 is 0 Å². The van der Waals surface area contributed by atoms with Gasteiger partial charge in [0.05, 0.1) is 29.5 Å². The Hall–Kier alpha value is -3.33. The van der Waals surface area contributed by atoms with E-state index in [-0.39, 0.29) is 29.6 Å². The first kappa shape index (κ1) is 26.9. The average Bonchev–Trinajstić information content (AvgIpc) is 3.21. The molecule has 1 aliphatic carbocycles. The molecule has 1 spiro atoms. The molecular weight excluding hydrogens is 504 g/mol. The zero-order valence-electron chi connectivity index (χ0n) is 24.2. The van der Waals surface area contributed by atoms with Gasteiger partial charge in [-0.15, -0.1) is 0 Å². The third-order valence-corrected chi connectivity index (χ3v) is 8.70. The van der Waals surface area contributed by atoms with Gasteiger partial charge in [0.25, 0.3) is 0 Å². The monoisotopic (exact) mass is 544 g/mol. The zero-order chi connectivity index (χ0) is 28.1. The predicted molar refractivity (Wildman–Crippen MR) is 153 cm³/mol. The van der Waals surface area contributed by atoms with Gasteiger partial charge < -0.3 is 9.64 Å². The molecule has 0 bridgehead atoms. The van der Waals surface area contributed by atoms with Crippen LogP contribution in [-0.4, -0.2) is 73.4 Å². The van der Waals surface area contributed by atoms with Crippen LogP contribution in [0.25, 0.3) is 22.0 Å². The largest absolute Gasteiger partial charge is 0.444 e. The summed E-state index contributed by atoms with van der Waals surface area (Å²) in [6.45, 7) is 10.2. The molecule has 2 saturated heterocycles. The van der Waals surface area contributed by atoms with Crippen molar-refractivity contribution in [3.05, 3.63) is 41.9 Å². The number of aryl methyl sites for hydroxylation is 1. The van der Waals surface area contributed by atoms with Gasteiger partial charge in [-0.05, 0) is 83.3 Å². The maximum Gasteiger partial charge on any atom is 0.410 e. The molecule has 0 unspecified atom stereocenters. The smallest absolute Gasteiger partial charge is 0.410 e. The number of ether oxygens (including phenoxy) is 1. The third-order valence-electron chi connectivity index (χ3n) is 8.70. The van der Waals surface area contributed by atoms with Crippen molar-refractivity contribution in [3.8, 4) is 11.1 Å². The number of amides is 1. The molecule has 40 heavy (non-hydrogen) atoms. The number of carbonyl (C=O) groups excluding carboxylic acids is 2. The van der Waals surface area contributed by atoms with Crippen LogP contribution in [0.15, 0.2) is 30.5 Å². The number of benzene rings is 1. The van der Waals surface area contributed by atoms with Gasteiger partial charge in [0, 0.05) is 49.0 Å². The van der Waals surface area contributed by atoms with E-state index in [1.54, 1.807) is 4.90 Å². The normalized spacial score (nSPS) is 19.4. The van der Waals surface area contributed by atoms with Crippen molar-refractivity contribution in [2.75, 3.05) is 26.2 Å². The molecule has 2 aliphatic heterocycles. The quantitative estimate of drug-likeness (QED) is 0.441. The molecule has 0 radical (unpaired) electrons. The molecule has 0 N–H and O–H groups in total. The van der Waals surface area contributed by atoms with Crippen LogP contribution in [0, 0.1) is 11.3 Å². The first-order valence-electron chi connectivity index (χ1n) is 14.6. The van der Waals surface area contributed by atoms with Gasteiger partial charge in [0.15, 0.2) is 0 Å². The van der Waals surface area contributed by atoms with E-state index in [0.29, 0.717) is 18.8 Å². The van der Waals surface area contributed by atoms with E-state index < -0.39 is 5.60 Å². The number of hydrogen-bond acceptors (Lipinski definition) is 7. The summed E-state index contributed by atoms with van der Waals surface area (Å²) in [5.41, 5.74) is 4.59. The Bertz CT molecular complexity index is 1420. The minimum atomic E-state index is -0.493. The highest BCUT2D eigenvalue weighted by Gasteiger charge is 2.55. The average molecular weight is 545 g/mol. The molecule has 1 amide bonds. The van der Waals surface area contributed by atoms with E-state index in [0.717, 1.165) is 54.5 Å². The second-order valence-electron chi connectivity index (χ2n) is 13.2. The molecular formula is C31H40N6O3. The van der Waals surface area contributed by atoms with Crippen LogP contribution in [0.1, 0.15) is 64.3 Å². The van der Waals surface area contributed by atoms with Crippen molar-refractivity contribution < 1.29 is 14.3 Å². The Labute approximate surface area is 235 Å². The molecule has 6 rings (SSSR count). The SMILES string of the molecule is Cn1ncc(-c2ccc3nnc(CC(=O)C4CC5(C4)CN(C(=O)OC(C)(C)C)C5)cc3c2)c1CN1CCCCC1. The van der Waals surface area contributed by atoms with E-state index in [1.165, 1.54) is 25.0 Å². The fourth-order valence-corrected chi connectivity index (χ4v) is 6.58. The van der Waals surface area contributed by atoms with Crippen LogP contribution in [-0.2, 0) is 29.5 Å². The molecule has 9 heteroatoms. The van der Waals surface area contributed by atoms with Gasteiger partial charge >= 0.3 is 6.09 Å². The van der Waals surface area contributed by atoms with Crippen LogP contribution in [0.3, 0.4) is 0 Å². The number of fused-ring (bicyclic) bond motifs is 1. The van der Waals surface area contributed by atoms with E-state index in [9.17, 15) is 9.59 Å². The number of rotatable bonds is 6. The molecule has 1 saturated carbocycles. The highest BCUT2D eigenvalue weighted by Crippen LogP contribution is 2.52. The van der Waals surface area contributed by atoms with E-state index in [4.69, 9.17) is 4.74 Å². The first-order valence-corrected chi connectivity index (χ1v) is 14.6. The molecule has 9 nitrogen and oxygen atoms in total. The van der Waals surface area contributed by atoms with Gasteiger partial charge in [0.2, 0.25) is 0 Å². The van der Waals surface area contributed by atoms with Crippen molar-refractivity contribution in [3.63, 3.8) is 0 Å². The number of ketones is 1. The topological polar surface area (TPSA) is 93.5 Å². The fraction of sp³-hybridized carbons (Fsp3) is 0.581. The van der Waals surface area contributed by atoms with Crippen LogP contribution < -0.4 is 0 Å². The molecule has 1 aromatic carbocycles. The Morgan fingerprint density at radius 3 is 2.52 bits per heavy atom. The highest BCUT2D eigenvalue weighted by atomic mass is 16.6. The van der Waals surface area contributed by atoms with Gasteiger partial charge in [-0.2, -0.15) is 15.3 Å². The van der Waals surface area contributed by atoms with Gasteiger partial charge in [-0.1, -0.05) is 12.5 Å². The Kier molecular flexibility index (Phi) is 6.89. The summed E-state index contributed by atoms with van der Waals surface area (Å²) in [5, 5.41) is 14.3. The Balaban J connectivity index is 1.09. The van der Waals surface area contributed by atoms with Crippen molar-refractivity contribution >= 4 is 22.8 Å². The number of nitrogens with zero attached hydrogens (tertiary/aromatic N) is 6. The second-order valence-corrected chi connectivity index (χ2v) is 13.2. The zero-order valence-corrected chi connectivity index (χ0v) is 24.2. The molecule has 3 aromatic rings. The minimum absolute atomic E-state index is 0.0253. The predicted octanol–water partition coefficient (Wildman–Crippen LogP) is 4.77. The summed E-state index contributed by atoms with van der Waals surface area (Å²) in [4.78, 5) is 29.6. The summed E-state index contributed by atoms with van der Waals surface area (Å²) in [7, 11) is 2.02. The molecule has 3 aliphatic rings. The van der Waals surface area contributed by atoms with E-state index >= 15 is 0 Å². The number of likely N-dealkylation sites (tertiary alicyclic amines) is 2. The van der Waals surface area contributed by atoms with Crippen LogP contribution in [0.5, 0.6) is 0 Å². The lowest BCUT2D eigenvalue weighted by Crippen LogP contribution is -2.65. The first-order chi connectivity index (χ1) is 19.1. The van der Waals surface area contributed by atoms with Crippen molar-refractivity contribution in [1.29, 1.82) is 0 Å². The van der Waals surface area contributed by atoms with Gasteiger partial charge in [-0.25, -0.2) is 4.79 Å². The highest BCUT2D eigenvalue weighted by molar-refractivity contribution is 5.87. The molecule has 3 fully saturated rings. The summed E-state index contributed by atoms with van der Waals surface area (Å²) in [5.74, 6) is 0.236. The van der Waals surface area contributed by atoms with E-state index in [2.05, 4.69) is 32.3 Å². The fourth-order valence-electron chi connectivity index (χ4n) is 6.58. The number of carbonyl (C=O) groups is 2. The van der Waals surface area contributed by atoms with Crippen LogP contribution in [0.4, 0.5) is 4.79 Å². The summed E-state index contributed by atoms with van der Waals surface area (Å²) in [6.07, 6.45) is 7.48. The lowest BCUT2D eigenvalue weighted by Gasteiger charge is -2.58. The summed E-state index contributed by atoms with van der Waals surface area (Å²) < 4.78 is 7.46. The van der Waals surface area contributed by atoms with Crippen molar-refractivity contribution in [2.45, 2.75) is 71.4 Å². The second kappa shape index (κ2) is 10.3. The minimum Gasteiger partial charge on any atom is -0.444 e. The number of Topliss-reactive ketones (excluding diaryl/α,β-unsaturated/α-hetero) is 1. The lowest BCUT2D eigenvalue weighted by atomic mass is 9.56. The van der Waals surface area contributed by atoms with Crippen molar-refractivity contribution in [2.24, 2.45) is 18.4 Å². The lowest BCUT2D eigenvalue weighted by molar-refractivity contribution is -0.140. The molecule has 0 atom stereocenters. The summed E-state index contributed by atoms with van der Waals surface area (Å²) in [6, 6.07) is 8.24. The third kappa shape index (κ3) is 5.48. The standard InChI is InChI=1S/C31H40N6O3/c1-30(2,3)40-29(39)37-19-31(20-37)15-23(16-31)28(38)14-24-13-22-12-21(8-9-26(22)34-33-24)25-17-32-35(4)27(25)18-36-10-6-5-7-11-36/h8-9,12-13,17,23H,5-7,10-11,14-16,18-20H2,1-4H3. The number of hydrogen-bond donors (Lipinski definition) is 0. The van der Waals surface area contributed by atoms with Crippen molar-refractivity contribution in [1.82, 2.24) is 29.8 Å². The Morgan fingerprint density at radius 1 is 1.05 bits per heavy atom. The van der Waals surface area contributed by atoms with Gasteiger partial charge in [-0.3, -0.25) is 14.4 Å². The maximum absolute atomic E-state index is 13.1. The maximum atomic E-state index is 13.1. The Morgan fingerprint density at radius 2 is 1.80 bits per heavy atom. The molecule has 4 heterocycles. The van der Waals surface area contributed by atoms with E-state index in [1.807, 2.05) is 50.8 Å².